The highest BCUT2D eigenvalue weighted by Gasteiger charge is 2.33. The van der Waals surface area contributed by atoms with Crippen molar-refractivity contribution < 1.29 is 14.6 Å². The second-order valence-electron chi connectivity index (χ2n) is 6.30. The average molecular weight is 332 g/mol. The minimum absolute atomic E-state index is 0.120. The van der Waals surface area contributed by atoms with E-state index in [1.54, 1.807) is 13.2 Å². The molecular formula is C22H20O3. The molecule has 0 saturated carbocycles. The highest BCUT2D eigenvalue weighted by Crippen LogP contribution is 2.46. The van der Waals surface area contributed by atoms with Crippen LogP contribution >= 0.6 is 0 Å². The number of methoxy groups -OCH3 is 1. The lowest BCUT2D eigenvalue weighted by atomic mass is 9.76. The molecule has 25 heavy (non-hydrogen) atoms. The molecule has 0 radical (unpaired) electrons. The lowest BCUT2D eigenvalue weighted by molar-refractivity contribution is 0.248. The second-order valence-corrected chi connectivity index (χ2v) is 6.30. The Bertz CT molecular complexity index is 888. The highest BCUT2D eigenvalue weighted by molar-refractivity contribution is 5.49. The first kappa shape index (κ1) is 15.6. The van der Waals surface area contributed by atoms with Crippen LogP contribution in [0.2, 0.25) is 0 Å². The summed E-state index contributed by atoms with van der Waals surface area (Å²) in [5, 5.41) is 9.92. The zero-order valence-electron chi connectivity index (χ0n) is 14.1. The molecule has 3 heteroatoms. The van der Waals surface area contributed by atoms with Crippen molar-refractivity contribution in [3.8, 4) is 17.2 Å². The van der Waals surface area contributed by atoms with Crippen LogP contribution in [0.1, 0.15) is 28.5 Å². The first-order valence-electron chi connectivity index (χ1n) is 8.41. The number of benzene rings is 3. The number of aromatic hydroxyl groups is 1. The van der Waals surface area contributed by atoms with E-state index in [1.807, 2.05) is 42.5 Å². The molecule has 0 bridgehead atoms. The Hall–Kier alpha value is -2.94. The van der Waals surface area contributed by atoms with Gasteiger partial charge in [0.15, 0.2) is 0 Å². The number of ether oxygens (including phenoxy) is 2. The summed E-state index contributed by atoms with van der Waals surface area (Å²) in [6.45, 7) is 0.572. The molecule has 2 atom stereocenters. The summed E-state index contributed by atoms with van der Waals surface area (Å²) in [4.78, 5) is 0. The number of hydrogen-bond acceptors (Lipinski definition) is 3. The molecule has 3 nitrogen and oxygen atoms in total. The first-order chi connectivity index (χ1) is 12.3. The maximum Gasteiger partial charge on any atom is 0.123 e. The number of para-hydroxylation sites is 1. The van der Waals surface area contributed by atoms with E-state index in [9.17, 15) is 5.11 Å². The van der Waals surface area contributed by atoms with Gasteiger partial charge in [0.25, 0.3) is 0 Å². The summed E-state index contributed by atoms with van der Waals surface area (Å²) in [5.41, 5.74) is 3.42. The van der Waals surface area contributed by atoms with Gasteiger partial charge in [-0.15, -0.1) is 0 Å². The number of phenols is 1. The number of hydrogen-bond donors (Lipinski definition) is 1. The van der Waals surface area contributed by atoms with Gasteiger partial charge in [0.1, 0.15) is 17.2 Å². The standard InChI is InChI=1S/C22H20O3/c1-24-18-9-5-7-16(13-18)22-19-10-2-3-11-21(19)25-14-20(22)15-6-4-8-17(23)12-15/h2-13,20,22-23H,14H2,1H3. The predicted molar refractivity (Wildman–Crippen MR) is 97.6 cm³/mol. The van der Waals surface area contributed by atoms with Crippen LogP contribution in [0, 0.1) is 0 Å². The second kappa shape index (κ2) is 6.52. The third-order valence-electron chi connectivity index (χ3n) is 4.83. The van der Waals surface area contributed by atoms with E-state index in [0.29, 0.717) is 6.61 Å². The number of phenolic OH excluding ortho intramolecular Hbond substituents is 1. The summed E-state index contributed by atoms with van der Waals surface area (Å²) >= 11 is 0. The maximum atomic E-state index is 9.92. The number of fused-ring (bicyclic) bond motifs is 1. The van der Waals surface area contributed by atoms with Crippen molar-refractivity contribution in [1.82, 2.24) is 0 Å². The minimum Gasteiger partial charge on any atom is -0.508 e. The maximum absolute atomic E-state index is 9.92. The zero-order chi connectivity index (χ0) is 17.2. The molecular weight excluding hydrogens is 312 g/mol. The molecule has 0 saturated heterocycles. The van der Waals surface area contributed by atoms with Crippen molar-refractivity contribution in [2.24, 2.45) is 0 Å². The topological polar surface area (TPSA) is 38.7 Å². The van der Waals surface area contributed by atoms with Crippen molar-refractivity contribution in [1.29, 1.82) is 0 Å². The molecule has 1 aliphatic rings. The van der Waals surface area contributed by atoms with Gasteiger partial charge in [-0.3, -0.25) is 0 Å². The highest BCUT2D eigenvalue weighted by atomic mass is 16.5. The zero-order valence-corrected chi connectivity index (χ0v) is 14.1. The Morgan fingerprint density at radius 2 is 1.72 bits per heavy atom. The van der Waals surface area contributed by atoms with Crippen molar-refractivity contribution in [3.63, 3.8) is 0 Å². The van der Waals surface area contributed by atoms with E-state index >= 15 is 0 Å². The van der Waals surface area contributed by atoms with Crippen LogP contribution in [0.5, 0.6) is 17.2 Å². The van der Waals surface area contributed by atoms with E-state index in [4.69, 9.17) is 9.47 Å². The smallest absolute Gasteiger partial charge is 0.123 e. The Labute approximate surface area is 147 Å². The molecule has 2 unspecified atom stereocenters. The molecule has 0 fully saturated rings. The van der Waals surface area contributed by atoms with E-state index < -0.39 is 0 Å². The van der Waals surface area contributed by atoms with Crippen LogP contribution in [0.3, 0.4) is 0 Å². The summed E-state index contributed by atoms with van der Waals surface area (Å²) in [7, 11) is 1.68. The summed E-state index contributed by atoms with van der Waals surface area (Å²) < 4.78 is 11.4. The summed E-state index contributed by atoms with van der Waals surface area (Å²) in [6, 6.07) is 23.8. The molecule has 0 aromatic heterocycles. The molecule has 3 aromatic carbocycles. The van der Waals surface area contributed by atoms with E-state index in [2.05, 4.69) is 24.3 Å². The average Bonchev–Trinajstić information content (AvgIpc) is 2.67. The third kappa shape index (κ3) is 2.93. The molecule has 0 aliphatic carbocycles. The molecule has 0 amide bonds. The minimum atomic E-state index is 0.120. The predicted octanol–water partition coefficient (Wildman–Crippen LogP) is 4.71. The lowest BCUT2D eigenvalue weighted by Gasteiger charge is -2.34. The third-order valence-corrected chi connectivity index (χ3v) is 4.83. The van der Waals surface area contributed by atoms with Crippen molar-refractivity contribution in [3.05, 3.63) is 89.5 Å². The monoisotopic (exact) mass is 332 g/mol. The molecule has 3 aromatic rings. The van der Waals surface area contributed by atoms with Crippen LogP contribution in [-0.2, 0) is 0 Å². The molecule has 1 N–H and O–H groups in total. The fraction of sp³-hybridized carbons (Fsp3) is 0.182. The van der Waals surface area contributed by atoms with Gasteiger partial charge in [-0.2, -0.15) is 0 Å². The van der Waals surface area contributed by atoms with Crippen LogP contribution in [-0.4, -0.2) is 18.8 Å². The van der Waals surface area contributed by atoms with Gasteiger partial charge in [-0.1, -0.05) is 42.5 Å². The molecule has 0 spiro atoms. The van der Waals surface area contributed by atoms with Crippen LogP contribution in [0.25, 0.3) is 0 Å². The van der Waals surface area contributed by atoms with Crippen molar-refractivity contribution >= 4 is 0 Å². The fourth-order valence-corrected chi connectivity index (χ4v) is 3.65. The SMILES string of the molecule is COc1cccc(C2c3ccccc3OCC2c2cccc(O)c2)c1. The van der Waals surface area contributed by atoms with Crippen LogP contribution < -0.4 is 9.47 Å². The molecule has 4 rings (SSSR count). The summed E-state index contributed by atoms with van der Waals surface area (Å²) in [6.07, 6.45) is 0. The van der Waals surface area contributed by atoms with Crippen molar-refractivity contribution in [2.45, 2.75) is 11.8 Å². The normalized spacial score (nSPS) is 18.9. The van der Waals surface area contributed by atoms with Gasteiger partial charge >= 0.3 is 0 Å². The van der Waals surface area contributed by atoms with Gasteiger partial charge in [0.05, 0.1) is 13.7 Å². The van der Waals surface area contributed by atoms with Gasteiger partial charge in [0, 0.05) is 17.4 Å². The Morgan fingerprint density at radius 1 is 0.920 bits per heavy atom. The number of rotatable bonds is 3. The lowest BCUT2D eigenvalue weighted by Crippen LogP contribution is -2.25. The van der Waals surface area contributed by atoms with Gasteiger partial charge in [-0.25, -0.2) is 0 Å². The molecule has 1 heterocycles. The van der Waals surface area contributed by atoms with Gasteiger partial charge in [0.2, 0.25) is 0 Å². The Kier molecular flexibility index (Phi) is 4.06. The first-order valence-corrected chi connectivity index (χ1v) is 8.41. The van der Waals surface area contributed by atoms with Crippen LogP contribution in [0.15, 0.2) is 72.8 Å². The largest absolute Gasteiger partial charge is 0.508 e. The van der Waals surface area contributed by atoms with E-state index in [1.165, 1.54) is 5.56 Å². The Balaban J connectivity index is 1.86. The van der Waals surface area contributed by atoms with Crippen molar-refractivity contribution in [2.75, 3.05) is 13.7 Å². The van der Waals surface area contributed by atoms with Gasteiger partial charge < -0.3 is 14.6 Å². The fourth-order valence-electron chi connectivity index (χ4n) is 3.65. The quantitative estimate of drug-likeness (QED) is 0.755. The van der Waals surface area contributed by atoms with E-state index in [0.717, 1.165) is 22.6 Å². The summed E-state index contributed by atoms with van der Waals surface area (Å²) in [5.74, 6) is 2.31. The van der Waals surface area contributed by atoms with E-state index in [-0.39, 0.29) is 17.6 Å². The van der Waals surface area contributed by atoms with Crippen LogP contribution in [0.4, 0.5) is 0 Å². The molecule has 126 valence electrons. The molecule has 1 aliphatic heterocycles. The Morgan fingerprint density at radius 3 is 2.56 bits per heavy atom. The van der Waals surface area contributed by atoms with Gasteiger partial charge in [-0.05, 0) is 41.5 Å².